The second-order valence-electron chi connectivity index (χ2n) is 4.48. The minimum absolute atomic E-state index is 0.0217. The Bertz CT molecular complexity index is 722. The van der Waals surface area contributed by atoms with E-state index >= 15 is 0 Å². The first kappa shape index (κ1) is 13.1. The van der Waals surface area contributed by atoms with Crippen molar-refractivity contribution in [2.75, 3.05) is 29.6 Å². The molecule has 0 saturated heterocycles. The molecule has 8 heteroatoms. The lowest BCUT2D eigenvalue weighted by Gasteiger charge is -2.26. The molecule has 7 nitrogen and oxygen atoms in total. The van der Waals surface area contributed by atoms with Crippen molar-refractivity contribution in [2.45, 2.75) is 0 Å². The fraction of sp³-hybridized carbons (Fsp3) is 0.154. The molecule has 0 unspecified atom stereocenters. The Labute approximate surface area is 119 Å². The minimum Gasteiger partial charge on any atom is -0.482 e. The summed E-state index contributed by atoms with van der Waals surface area (Å²) in [5.41, 5.74) is 6.65. The largest absolute Gasteiger partial charge is 0.482 e. The summed E-state index contributed by atoms with van der Waals surface area (Å²) < 4.78 is 18.3. The zero-order chi connectivity index (χ0) is 15.0. The Morgan fingerprint density at radius 1 is 1.48 bits per heavy atom. The number of benzene rings is 1. The van der Waals surface area contributed by atoms with Crippen LogP contribution in [0.5, 0.6) is 5.75 Å². The van der Waals surface area contributed by atoms with E-state index in [0.29, 0.717) is 17.1 Å². The summed E-state index contributed by atoms with van der Waals surface area (Å²) in [6, 6.07) is 5.19. The van der Waals surface area contributed by atoms with Gasteiger partial charge < -0.3 is 20.7 Å². The molecule has 0 aliphatic carbocycles. The van der Waals surface area contributed by atoms with E-state index in [4.69, 9.17) is 10.5 Å². The molecular formula is C13H12FN5O2. The summed E-state index contributed by atoms with van der Waals surface area (Å²) in [5, 5.41) is 2.90. The highest BCUT2D eigenvalue weighted by molar-refractivity contribution is 5.98. The maximum absolute atomic E-state index is 13.0. The molecule has 0 radical (unpaired) electrons. The molecule has 1 aliphatic heterocycles. The average molecular weight is 289 g/mol. The molecule has 21 heavy (non-hydrogen) atoms. The molecule has 1 amide bonds. The number of amides is 1. The molecule has 2 aromatic rings. The second kappa shape index (κ2) is 4.89. The number of aromatic nitrogens is 2. The predicted octanol–water partition coefficient (Wildman–Crippen LogP) is 1.30. The summed E-state index contributed by atoms with van der Waals surface area (Å²) >= 11 is 0. The van der Waals surface area contributed by atoms with E-state index in [9.17, 15) is 9.18 Å². The molecule has 108 valence electrons. The minimum atomic E-state index is -0.676. The van der Waals surface area contributed by atoms with Crippen LogP contribution in [-0.4, -0.2) is 29.5 Å². The number of nitrogens with zero attached hydrogens (tertiary/aromatic N) is 3. The Hall–Kier alpha value is -2.90. The van der Waals surface area contributed by atoms with Crippen LogP contribution in [0.4, 0.5) is 27.5 Å². The fourth-order valence-electron chi connectivity index (χ4n) is 1.92. The number of ether oxygens (including phenoxy) is 1. The van der Waals surface area contributed by atoms with Gasteiger partial charge in [-0.3, -0.25) is 4.79 Å². The maximum atomic E-state index is 13.0. The van der Waals surface area contributed by atoms with Gasteiger partial charge in [0, 0.05) is 12.7 Å². The zero-order valence-electron chi connectivity index (χ0n) is 11.1. The number of anilines is 4. The van der Waals surface area contributed by atoms with Crippen LogP contribution in [0.1, 0.15) is 0 Å². The van der Waals surface area contributed by atoms with E-state index in [1.54, 1.807) is 25.2 Å². The molecule has 3 N–H and O–H groups in total. The van der Waals surface area contributed by atoms with Crippen LogP contribution in [0.15, 0.2) is 24.4 Å². The molecule has 0 saturated carbocycles. The van der Waals surface area contributed by atoms with Crippen molar-refractivity contribution in [1.29, 1.82) is 0 Å². The van der Waals surface area contributed by atoms with Crippen molar-refractivity contribution >= 4 is 29.0 Å². The number of carbonyl (C=O) groups is 1. The van der Waals surface area contributed by atoms with E-state index in [1.807, 2.05) is 0 Å². The molecule has 0 spiro atoms. The number of halogens is 1. The molecule has 2 heterocycles. The number of carbonyl (C=O) groups excluding carboxylic acids is 1. The number of likely N-dealkylation sites (N-methyl/N-ethyl adjacent to an activating group) is 1. The highest BCUT2D eigenvalue weighted by Crippen LogP contribution is 2.34. The third kappa shape index (κ3) is 2.42. The van der Waals surface area contributed by atoms with Crippen molar-refractivity contribution in [1.82, 2.24) is 9.97 Å². The highest BCUT2D eigenvalue weighted by Gasteiger charge is 2.22. The van der Waals surface area contributed by atoms with Gasteiger partial charge in [0.15, 0.2) is 18.2 Å². The van der Waals surface area contributed by atoms with Crippen LogP contribution < -0.4 is 20.7 Å². The molecule has 0 fully saturated rings. The summed E-state index contributed by atoms with van der Waals surface area (Å²) in [6.07, 6.45) is 0.988. The molecule has 1 aromatic carbocycles. The topological polar surface area (TPSA) is 93.4 Å². The lowest BCUT2D eigenvalue weighted by molar-refractivity contribution is -0.120. The predicted molar refractivity (Wildman–Crippen MR) is 75.0 cm³/mol. The first-order valence-electron chi connectivity index (χ1n) is 6.13. The Kier molecular flexibility index (Phi) is 3.05. The summed E-state index contributed by atoms with van der Waals surface area (Å²) in [7, 11) is 1.67. The van der Waals surface area contributed by atoms with Crippen LogP contribution in [-0.2, 0) is 4.79 Å². The van der Waals surface area contributed by atoms with Gasteiger partial charge in [0.05, 0.1) is 11.9 Å². The van der Waals surface area contributed by atoms with Crippen LogP contribution >= 0.6 is 0 Å². The van der Waals surface area contributed by atoms with Gasteiger partial charge in [0.25, 0.3) is 5.91 Å². The fourth-order valence-corrected chi connectivity index (χ4v) is 1.92. The zero-order valence-corrected chi connectivity index (χ0v) is 11.1. The van der Waals surface area contributed by atoms with Crippen LogP contribution in [0.3, 0.4) is 0 Å². The molecule has 1 aromatic heterocycles. The quantitative estimate of drug-likeness (QED) is 0.865. The van der Waals surface area contributed by atoms with Crippen molar-refractivity contribution in [3.8, 4) is 5.75 Å². The van der Waals surface area contributed by atoms with E-state index in [2.05, 4.69) is 15.3 Å². The van der Waals surface area contributed by atoms with Crippen molar-refractivity contribution in [3.05, 3.63) is 30.2 Å². The van der Waals surface area contributed by atoms with Gasteiger partial charge in [0.1, 0.15) is 5.75 Å². The average Bonchev–Trinajstić information content (AvgIpc) is 2.47. The number of rotatable bonds is 2. The Morgan fingerprint density at radius 3 is 3.05 bits per heavy atom. The van der Waals surface area contributed by atoms with Crippen LogP contribution in [0.25, 0.3) is 0 Å². The SMILES string of the molecule is CN1C(=O)COc2ccc(Nc3ncc(F)c(N)n3)cc21. The summed E-state index contributed by atoms with van der Waals surface area (Å²) in [5.74, 6) is -0.269. The smallest absolute Gasteiger partial charge is 0.264 e. The summed E-state index contributed by atoms with van der Waals surface area (Å²) in [6.45, 7) is 0.0217. The normalized spacial score (nSPS) is 13.6. The standard InChI is InChI=1S/C13H12FN5O2/c1-19-9-4-7(2-3-10(9)21-6-11(19)20)17-13-16-5-8(14)12(15)18-13/h2-5H,6H2,1H3,(H3,15,16,17,18). The van der Waals surface area contributed by atoms with Crippen molar-refractivity contribution in [3.63, 3.8) is 0 Å². The Morgan fingerprint density at radius 2 is 2.29 bits per heavy atom. The number of nitrogens with two attached hydrogens (primary N) is 1. The van der Waals surface area contributed by atoms with Gasteiger partial charge in [-0.25, -0.2) is 9.37 Å². The number of hydrogen-bond acceptors (Lipinski definition) is 6. The number of fused-ring (bicyclic) bond motifs is 1. The van der Waals surface area contributed by atoms with E-state index in [-0.39, 0.29) is 24.3 Å². The van der Waals surface area contributed by atoms with E-state index < -0.39 is 5.82 Å². The molecule has 3 rings (SSSR count). The van der Waals surface area contributed by atoms with E-state index in [0.717, 1.165) is 6.20 Å². The van der Waals surface area contributed by atoms with Gasteiger partial charge in [-0.1, -0.05) is 0 Å². The third-order valence-corrected chi connectivity index (χ3v) is 3.07. The lowest BCUT2D eigenvalue weighted by atomic mass is 10.2. The maximum Gasteiger partial charge on any atom is 0.264 e. The molecule has 1 aliphatic rings. The third-order valence-electron chi connectivity index (χ3n) is 3.07. The monoisotopic (exact) mass is 289 g/mol. The number of nitrogen functional groups attached to an aromatic ring is 1. The van der Waals surface area contributed by atoms with Gasteiger partial charge in [-0.15, -0.1) is 0 Å². The van der Waals surface area contributed by atoms with Gasteiger partial charge in [-0.05, 0) is 18.2 Å². The van der Waals surface area contributed by atoms with Gasteiger partial charge >= 0.3 is 0 Å². The van der Waals surface area contributed by atoms with Crippen molar-refractivity contribution < 1.29 is 13.9 Å². The molecular weight excluding hydrogens is 277 g/mol. The number of nitrogens with one attached hydrogen (secondary N) is 1. The molecule has 0 bridgehead atoms. The first-order valence-corrected chi connectivity index (χ1v) is 6.13. The van der Waals surface area contributed by atoms with Crippen LogP contribution in [0, 0.1) is 5.82 Å². The summed E-state index contributed by atoms with van der Waals surface area (Å²) in [4.78, 5) is 20.7. The van der Waals surface area contributed by atoms with Crippen LogP contribution in [0.2, 0.25) is 0 Å². The molecule has 0 atom stereocenters. The number of hydrogen-bond donors (Lipinski definition) is 2. The second-order valence-corrected chi connectivity index (χ2v) is 4.48. The lowest BCUT2D eigenvalue weighted by Crippen LogP contribution is -2.35. The van der Waals surface area contributed by atoms with Gasteiger partial charge in [-0.2, -0.15) is 4.98 Å². The first-order chi connectivity index (χ1) is 10.0. The van der Waals surface area contributed by atoms with Crippen molar-refractivity contribution in [2.24, 2.45) is 0 Å². The van der Waals surface area contributed by atoms with E-state index in [1.165, 1.54) is 4.90 Å². The van der Waals surface area contributed by atoms with Gasteiger partial charge in [0.2, 0.25) is 5.95 Å². The Balaban J connectivity index is 1.90. The highest BCUT2D eigenvalue weighted by atomic mass is 19.1.